The Labute approximate surface area is 149 Å². The van der Waals surface area contributed by atoms with Crippen LogP contribution in [0.2, 0.25) is 0 Å². The molecular formula is C18H26N2O4S. The lowest BCUT2D eigenvalue weighted by Crippen LogP contribution is -2.37. The molecule has 1 aromatic rings. The molecule has 1 aromatic carbocycles. The predicted octanol–water partition coefficient (Wildman–Crippen LogP) is 2.02. The van der Waals surface area contributed by atoms with E-state index >= 15 is 0 Å². The van der Waals surface area contributed by atoms with Gasteiger partial charge in [-0.2, -0.15) is 4.31 Å². The van der Waals surface area contributed by atoms with E-state index in [4.69, 9.17) is 4.74 Å². The van der Waals surface area contributed by atoms with Gasteiger partial charge in [-0.3, -0.25) is 4.79 Å². The number of carbonyl (C=O) groups excluding carboxylic acids is 1. The summed E-state index contributed by atoms with van der Waals surface area (Å²) in [5.41, 5.74) is 0.462. The molecule has 0 radical (unpaired) electrons. The van der Waals surface area contributed by atoms with Gasteiger partial charge in [0.05, 0.1) is 11.0 Å². The molecule has 0 saturated carbocycles. The molecule has 1 amide bonds. The fourth-order valence-corrected chi connectivity index (χ4v) is 4.74. The minimum absolute atomic E-state index is 0.0881. The molecule has 0 aliphatic carbocycles. The maximum Gasteiger partial charge on any atom is 0.251 e. The third-order valence-corrected chi connectivity index (χ3v) is 6.92. The Hall–Kier alpha value is -1.44. The highest BCUT2D eigenvalue weighted by atomic mass is 32.2. The Kier molecular flexibility index (Phi) is 5.76. The lowest BCUT2D eigenvalue weighted by atomic mass is 10.0. The van der Waals surface area contributed by atoms with E-state index in [9.17, 15) is 13.2 Å². The molecule has 0 spiro atoms. The van der Waals surface area contributed by atoms with Gasteiger partial charge in [-0.15, -0.1) is 0 Å². The van der Waals surface area contributed by atoms with Crippen LogP contribution in [0, 0.1) is 5.92 Å². The molecule has 0 aromatic heterocycles. The van der Waals surface area contributed by atoms with Gasteiger partial charge in [0.2, 0.25) is 10.0 Å². The van der Waals surface area contributed by atoms with Crippen LogP contribution >= 0.6 is 0 Å². The van der Waals surface area contributed by atoms with Gasteiger partial charge in [0, 0.05) is 31.8 Å². The number of hydrogen-bond acceptors (Lipinski definition) is 4. The van der Waals surface area contributed by atoms with Crippen molar-refractivity contribution in [3.8, 4) is 0 Å². The number of hydrogen-bond donors (Lipinski definition) is 1. The monoisotopic (exact) mass is 366 g/mol. The first kappa shape index (κ1) is 18.4. The van der Waals surface area contributed by atoms with Gasteiger partial charge in [-0.1, -0.05) is 6.92 Å². The molecule has 0 unspecified atom stereocenters. The first-order valence-corrected chi connectivity index (χ1v) is 10.4. The van der Waals surface area contributed by atoms with Crippen molar-refractivity contribution < 1.29 is 17.9 Å². The van der Waals surface area contributed by atoms with Crippen molar-refractivity contribution in [2.45, 2.75) is 43.6 Å². The summed E-state index contributed by atoms with van der Waals surface area (Å²) in [4.78, 5) is 12.4. The number of nitrogens with one attached hydrogen (secondary N) is 1. The Morgan fingerprint density at radius 3 is 2.48 bits per heavy atom. The predicted molar refractivity (Wildman–Crippen MR) is 94.9 cm³/mol. The van der Waals surface area contributed by atoms with Crippen molar-refractivity contribution in [1.82, 2.24) is 9.62 Å². The summed E-state index contributed by atoms with van der Waals surface area (Å²) >= 11 is 0. The van der Waals surface area contributed by atoms with E-state index in [-0.39, 0.29) is 16.9 Å². The lowest BCUT2D eigenvalue weighted by Gasteiger charge is -2.29. The molecule has 2 saturated heterocycles. The molecule has 6 nitrogen and oxygen atoms in total. The Morgan fingerprint density at radius 2 is 1.88 bits per heavy atom. The van der Waals surface area contributed by atoms with Crippen molar-refractivity contribution in [2.24, 2.45) is 5.92 Å². The highest BCUT2D eigenvalue weighted by Crippen LogP contribution is 2.23. The Balaban J connectivity index is 1.61. The largest absolute Gasteiger partial charge is 0.376 e. The van der Waals surface area contributed by atoms with E-state index in [1.54, 1.807) is 16.4 Å². The van der Waals surface area contributed by atoms with Gasteiger partial charge in [0.1, 0.15) is 0 Å². The standard InChI is InChI=1S/C18H26N2O4S/c1-14-8-10-20(11-9-14)25(22,23)17-6-4-15(5-7-17)18(21)19-13-16-3-2-12-24-16/h4-7,14,16H,2-3,8-13H2,1H3,(H,19,21)/t16-/m0/s1. The first-order chi connectivity index (χ1) is 12.0. The van der Waals surface area contributed by atoms with E-state index in [0.29, 0.717) is 31.1 Å². The van der Waals surface area contributed by atoms with Crippen LogP contribution in [0.15, 0.2) is 29.2 Å². The maximum atomic E-state index is 12.7. The molecule has 0 bridgehead atoms. The van der Waals surface area contributed by atoms with Crippen LogP contribution in [0.1, 0.15) is 43.0 Å². The van der Waals surface area contributed by atoms with Crippen molar-refractivity contribution in [3.05, 3.63) is 29.8 Å². The zero-order chi connectivity index (χ0) is 17.9. The van der Waals surface area contributed by atoms with Gasteiger partial charge < -0.3 is 10.1 Å². The molecule has 3 rings (SSSR count). The molecule has 2 fully saturated rings. The van der Waals surface area contributed by atoms with Gasteiger partial charge in [0.15, 0.2) is 0 Å². The molecule has 7 heteroatoms. The first-order valence-electron chi connectivity index (χ1n) is 8.97. The van der Waals surface area contributed by atoms with E-state index < -0.39 is 10.0 Å². The number of carbonyl (C=O) groups is 1. The van der Waals surface area contributed by atoms with Crippen LogP contribution in [-0.2, 0) is 14.8 Å². The topological polar surface area (TPSA) is 75.7 Å². The van der Waals surface area contributed by atoms with Crippen molar-refractivity contribution in [2.75, 3.05) is 26.2 Å². The summed E-state index contributed by atoms with van der Waals surface area (Å²) in [7, 11) is -3.47. The van der Waals surface area contributed by atoms with E-state index in [1.807, 2.05) is 0 Å². The number of ether oxygens (including phenoxy) is 1. The average Bonchev–Trinajstić information content (AvgIpc) is 3.14. The number of amides is 1. The van der Waals surface area contributed by atoms with Gasteiger partial charge in [-0.05, 0) is 55.9 Å². The van der Waals surface area contributed by atoms with Crippen LogP contribution in [0.4, 0.5) is 0 Å². The molecular weight excluding hydrogens is 340 g/mol. The second-order valence-electron chi connectivity index (χ2n) is 6.96. The van der Waals surface area contributed by atoms with Gasteiger partial charge in [-0.25, -0.2) is 8.42 Å². The van der Waals surface area contributed by atoms with Crippen molar-refractivity contribution in [1.29, 1.82) is 0 Å². The third-order valence-electron chi connectivity index (χ3n) is 5.01. The molecule has 2 heterocycles. The van der Waals surface area contributed by atoms with Crippen LogP contribution in [0.5, 0.6) is 0 Å². The summed E-state index contributed by atoms with van der Waals surface area (Å²) in [5.74, 6) is 0.368. The average molecular weight is 366 g/mol. The molecule has 2 aliphatic heterocycles. The zero-order valence-electron chi connectivity index (χ0n) is 14.6. The summed E-state index contributed by atoms with van der Waals surface area (Å²) in [6.07, 6.45) is 3.87. The SMILES string of the molecule is CC1CCN(S(=O)(=O)c2ccc(C(=O)NC[C@@H]3CCCO3)cc2)CC1. The molecule has 1 N–H and O–H groups in total. The number of nitrogens with zero attached hydrogens (tertiary/aromatic N) is 1. The summed E-state index contributed by atoms with van der Waals surface area (Å²) < 4.78 is 32.4. The second kappa shape index (κ2) is 7.85. The Bertz CT molecular complexity index is 688. The minimum atomic E-state index is -3.47. The number of piperidine rings is 1. The molecule has 1 atom stereocenters. The fourth-order valence-electron chi connectivity index (χ4n) is 3.27. The fraction of sp³-hybridized carbons (Fsp3) is 0.611. The summed E-state index contributed by atoms with van der Waals surface area (Å²) in [6.45, 7) is 4.52. The van der Waals surface area contributed by atoms with Crippen molar-refractivity contribution >= 4 is 15.9 Å². The number of rotatable bonds is 5. The van der Waals surface area contributed by atoms with Crippen LogP contribution in [0.3, 0.4) is 0 Å². The zero-order valence-corrected chi connectivity index (χ0v) is 15.4. The highest BCUT2D eigenvalue weighted by Gasteiger charge is 2.28. The minimum Gasteiger partial charge on any atom is -0.376 e. The van der Waals surface area contributed by atoms with E-state index in [2.05, 4.69) is 12.2 Å². The normalized spacial score (nSPS) is 22.8. The number of benzene rings is 1. The maximum absolute atomic E-state index is 12.7. The Morgan fingerprint density at radius 1 is 1.20 bits per heavy atom. The number of sulfonamides is 1. The van der Waals surface area contributed by atoms with E-state index in [1.165, 1.54) is 12.1 Å². The summed E-state index contributed by atoms with van der Waals surface area (Å²) in [5, 5.41) is 2.84. The van der Waals surface area contributed by atoms with Crippen molar-refractivity contribution in [3.63, 3.8) is 0 Å². The quantitative estimate of drug-likeness (QED) is 0.865. The third kappa shape index (κ3) is 4.40. The lowest BCUT2D eigenvalue weighted by molar-refractivity contribution is 0.0857. The molecule has 2 aliphatic rings. The van der Waals surface area contributed by atoms with Crippen LogP contribution in [-0.4, -0.2) is 51.0 Å². The highest BCUT2D eigenvalue weighted by molar-refractivity contribution is 7.89. The van der Waals surface area contributed by atoms with Gasteiger partial charge >= 0.3 is 0 Å². The molecule has 25 heavy (non-hydrogen) atoms. The smallest absolute Gasteiger partial charge is 0.251 e. The molecule has 138 valence electrons. The summed E-state index contributed by atoms with van der Waals surface area (Å²) in [6, 6.07) is 6.19. The van der Waals surface area contributed by atoms with Crippen LogP contribution < -0.4 is 5.32 Å². The second-order valence-corrected chi connectivity index (χ2v) is 8.89. The van der Waals surface area contributed by atoms with Gasteiger partial charge in [0.25, 0.3) is 5.91 Å². The van der Waals surface area contributed by atoms with Crippen LogP contribution in [0.25, 0.3) is 0 Å². The van der Waals surface area contributed by atoms with E-state index in [0.717, 1.165) is 32.3 Å².